The number of nitrogens with two attached hydrogens (primary N) is 1. The second-order valence-electron chi connectivity index (χ2n) is 11.6. The third-order valence-corrected chi connectivity index (χ3v) is 6.94. The van der Waals surface area contributed by atoms with E-state index < -0.39 is 85.0 Å². The molecule has 25 heteroatoms. The van der Waals surface area contributed by atoms with E-state index in [4.69, 9.17) is 40.2 Å². The minimum Gasteiger partial charge on any atom is -0.475 e. The van der Waals surface area contributed by atoms with Crippen LogP contribution in [0.15, 0.2) is 30.3 Å². The highest BCUT2D eigenvalue weighted by atomic mass is 19.4. The van der Waals surface area contributed by atoms with Gasteiger partial charge in [-0.2, -0.15) is 39.5 Å². The van der Waals surface area contributed by atoms with E-state index in [9.17, 15) is 63.1 Å². The number of aliphatic carboxylic acids is 3. The number of esters is 2. The van der Waals surface area contributed by atoms with E-state index in [2.05, 4.69) is 16.0 Å². The smallest absolute Gasteiger partial charge is 0.475 e. The molecule has 326 valence electrons. The van der Waals surface area contributed by atoms with Crippen molar-refractivity contribution in [3.8, 4) is 0 Å². The number of hydrogen-bond donors (Lipinski definition) is 7. The molecule has 1 fully saturated rings. The number of amides is 2. The van der Waals surface area contributed by atoms with Gasteiger partial charge in [0.25, 0.3) is 0 Å². The molecule has 1 saturated heterocycles. The largest absolute Gasteiger partial charge is 0.490 e. The summed E-state index contributed by atoms with van der Waals surface area (Å²) in [6.45, 7) is 2.61. The van der Waals surface area contributed by atoms with Crippen LogP contribution in [0.3, 0.4) is 0 Å². The second kappa shape index (κ2) is 26.7. The first-order chi connectivity index (χ1) is 26.2. The first-order valence-corrected chi connectivity index (χ1v) is 16.5. The van der Waals surface area contributed by atoms with Crippen molar-refractivity contribution in [1.82, 2.24) is 16.0 Å². The molecule has 3 atom stereocenters. The number of carbonyl (C=O) groups is 7. The van der Waals surface area contributed by atoms with Crippen molar-refractivity contribution in [1.29, 1.82) is 0 Å². The molecule has 57 heavy (non-hydrogen) atoms. The van der Waals surface area contributed by atoms with Gasteiger partial charge >= 0.3 is 48.4 Å². The molecule has 1 aromatic rings. The number of benzene rings is 1. The Bertz CT molecular complexity index is 1370. The van der Waals surface area contributed by atoms with Gasteiger partial charge in [0.1, 0.15) is 12.1 Å². The van der Waals surface area contributed by atoms with Crippen LogP contribution in [0, 0.1) is 5.92 Å². The van der Waals surface area contributed by atoms with Crippen LogP contribution in [-0.4, -0.2) is 113 Å². The lowest BCUT2D eigenvalue weighted by atomic mass is 9.98. The van der Waals surface area contributed by atoms with Crippen LogP contribution in [0.5, 0.6) is 0 Å². The number of ether oxygens (including phenoxy) is 1. The first-order valence-electron chi connectivity index (χ1n) is 16.5. The van der Waals surface area contributed by atoms with E-state index in [1.54, 1.807) is 0 Å². The molecular formula is C32H42F10N4O11. The molecule has 1 aliphatic heterocycles. The summed E-state index contributed by atoms with van der Waals surface area (Å²) in [5.74, 6) is -11.2. The van der Waals surface area contributed by atoms with Crippen molar-refractivity contribution in [3.05, 3.63) is 35.9 Å². The zero-order valence-electron chi connectivity index (χ0n) is 29.9. The van der Waals surface area contributed by atoms with E-state index in [1.165, 1.54) is 0 Å². The quantitative estimate of drug-likeness (QED) is 0.0807. The Morgan fingerprint density at radius 3 is 1.58 bits per heavy atom. The standard InChI is InChI=1S/C26H39FN4O5.3C2HF3O2/c1-2-3-10-22(26(35)36-25(34)19-12-15-29-16-13-19)31-24(33)21(11-7-14-27)30-23(32)20(28)17-18-8-5-4-6-9-18;3*3-2(4,5)1(6)7/h4-6,8-9,19-22,29H,2-3,7,10-17,28H2,1H3,(H,30,32)(H,31,33);3*(H,6,7)/t20-,21-,22?;;;/m1.../s1. The Labute approximate surface area is 317 Å². The van der Waals surface area contributed by atoms with Gasteiger partial charge in [-0.1, -0.05) is 50.1 Å². The molecular weight excluding hydrogens is 806 g/mol. The summed E-state index contributed by atoms with van der Waals surface area (Å²) in [4.78, 5) is 77.6. The van der Waals surface area contributed by atoms with Gasteiger partial charge in [0.2, 0.25) is 11.8 Å². The molecule has 0 bridgehead atoms. The van der Waals surface area contributed by atoms with Gasteiger partial charge in [-0.25, -0.2) is 19.2 Å². The topological polar surface area (TPSA) is 252 Å². The van der Waals surface area contributed by atoms with Crippen LogP contribution in [0.4, 0.5) is 43.9 Å². The predicted molar refractivity (Wildman–Crippen MR) is 174 cm³/mol. The number of alkyl halides is 10. The lowest BCUT2D eigenvalue weighted by molar-refractivity contribution is -0.193. The van der Waals surface area contributed by atoms with Crippen LogP contribution in [0.1, 0.15) is 57.4 Å². The van der Waals surface area contributed by atoms with Gasteiger partial charge < -0.3 is 41.7 Å². The zero-order valence-corrected chi connectivity index (χ0v) is 29.9. The number of rotatable bonds is 14. The molecule has 2 rings (SSSR count). The van der Waals surface area contributed by atoms with Gasteiger partial charge in [-0.3, -0.25) is 18.8 Å². The average molecular weight is 849 g/mol. The minimum absolute atomic E-state index is 0.0374. The monoisotopic (exact) mass is 848 g/mol. The Morgan fingerprint density at radius 1 is 0.754 bits per heavy atom. The van der Waals surface area contributed by atoms with Gasteiger partial charge in [0.15, 0.2) is 0 Å². The van der Waals surface area contributed by atoms with Crippen LogP contribution in [0.2, 0.25) is 0 Å². The molecule has 1 aliphatic rings. The number of hydrogen-bond acceptors (Lipinski definition) is 10. The number of halogens is 10. The Balaban J connectivity index is 0. The van der Waals surface area contributed by atoms with Gasteiger partial charge in [0.05, 0.1) is 18.6 Å². The van der Waals surface area contributed by atoms with Crippen LogP contribution in [-0.2, 0) is 44.7 Å². The van der Waals surface area contributed by atoms with Crippen LogP contribution < -0.4 is 21.7 Å². The second-order valence-corrected chi connectivity index (χ2v) is 11.6. The lowest BCUT2D eigenvalue weighted by Gasteiger charge is -2.24. The summed E-state index contributed by atoms with van der Waals surface area (Å²) in [7, 11) is 0. The summed E-state index contributed by atoms with van der Waals surface area (Å²) >= 11 is 0. The number of carboxylic acid groups (broad SMARTS) is 3. The number of nitrogens with one attached hydrogen (secondary N) is 3. The van der Waals surface area contributed by atoms with Crippen LogP contribution >= 0.6 is 0 Å². The third kappa shape index (κ3) is 25.7. The Kier molecular flexibility index (Phi) is 25.3. The summed E-state index contributed by atoms with van der Waals surface area (Å²) in [6.07, 6.45) is -12.1. The van der Waals surface area contributed by atoms with Crippen molar-refractivity contribution < 1.29 is 97.5 Å². The van der Waals surface area contributed by atoms with Gasteiger partial charge in [-0.15, -0.1) is 0 Å². The van der Waals surface area contributed by atoms with Crippen molar-refractivity contribution in [2.75, 3.05) is 19.8 Å². The molecule has 8 N–H and O–H groups in total. The Hall–Kier alpha value is -5.07. The number of carbonyl (C=O) groups excluding carboxylic acids is 4. The van der Waals surface area contributed by atoms with E-state index >= 15 is 0 Å². The highest BCUT2D eigenvalue weighted by Gasteiger charge is 2.39. The molecule has 1 aromatic carbocycles. The normalized spacial score (nSPS) is 14.5. The fourth-order valence-electron chi connectivity index (χ4n) is 4.03. The maximum atomic E-state index is 13.0. The lowest BCUT2D eigenvalue weighted by Crippen LogP contribution is -2.55. The predicted octanol–water partition coefficient (Wildman–Crippen LogP) is 3.44. The highest BCUT2D eigenvalue weighted by Crippen LogP contribution is 2.16. The van der Waals surface area contributed by atoms with Gasteiger partial charge in [-0.05, 0) is 57.2 Å². The summed E-state index contributed by atoms with van der Waals surface area (Å²) in [5.41, 5.74) is 6.90. The van der Waals surface area contributed by atoms with E-state index in [-0.39, 0.29) is 31.6 Å². The molecule has 0 radical (unpaired) electrons. The van der Waals surface area contributed by atoms with Gasteiger partial charge in [0, 0.05) is 0 Å². The number of carboxylic acids is 3. The third-order valence-electron chi connectivity index (χ3n) is 6.94. The molecule has 0 aliphatic carbocycles. The van der Waals surface area contributed by atoms with Crippen molar-refractivity contribution >= 4 is 41.7 Å². The number of piperidine rings is 1. The fraction of sp³-hybridized carbons (Fsp3) is 0.594. The van der Waals surface area contributed by atoms with E-state index in [0.717, 1.165) is 12.0 Å². The van der Waals surface area contributed by atoms with E-state index in [1.807, 2.05) is 37.3 Å². The summed E-state index contributed by atoms with van der Waals surface area (Å²) < 4.78 is 113. The maximum Gasteiger partial charge on any atom is 0.490 e. The average Bonchev–Trinajstić information content (AvgIpc) is 3.11. The molecule has 0 spiro atoms. The highest BCUT2D eigenvalue weighted by molar-refractivity contribution is 5.94. The van der Waals surface area contributed by atoms with Crippen molar-refractivity contribution in [2.24, 2.45) is 11.7 Å². The molecule has 2 amide bonds. The van der Waals surface area contributed by atoms with Crippen LogP contribution in [0.25, 0.3) is 0 Å². The summed E-state index contributed by atoms with van der Waals surface area (Å²) in [5, 5.41) is 29.7. The van der Waals surface area contributed by atoms with Crippen molar-refractivity contribution in [3.63, 3.8) is 0 Å². The summed E-state index contributed by atoms with van der Waals surface area (Å²) in [6, 6.07) is 6.18. The molecule has 0 aromatic heterocycles. The minimum atomic E-state index is -5.08. The SMILES string of the molecule is CCCCC(NC(=O)[C@@H](CCCF)NC(=O)[C@H](N)Cc1ccccc1)C(=O)OC(=O)C1CCNCC1.O=C(O)C(F)(F)F.O=C(O)C(F)(F)F.O=C(O)C(F)(F)F. The fourth-order valence-corrected chi connectivity index (χ4v) is 4.03. The van der Waals surface area contributed by atoms with Crippen molar-refractivity contribution in [2.45, 2.75) is 94.9 Å². The number of unbranched alkanes of at least 4 members (excludes halogenated alkanes) is 1. The zero-order chi connectivity index (χ0) is 44.6. The maximum absolute atomic E-state index is 13.0. The molecule has 1 heterocycles. The Morgan fingerprint density at radius 2 is 1.18 bits per heavy atom. The van der Waals surface area contributed by atoms with E-state index in [0.29, 0.717) is 32.4 Å². The molecule has 0 saturated carbocycles. The molecule has 1 unspecified atom stereocenters. The first kappa shape index (κ1) is 54.0. The molecule has 15 nitrogen and oxygen atoms in total.